The summed E-state index contributed by atoms with van der Waals surface area (Å²) in [4.78, 5) is 2.02. The average molecular weight is 289 g/mol. The summed E-state index contributed by atoms with van der Waals surface area (Å²) in [6.07, 6.45) is -0.536. The molecule has 1 atom stereocenters. The van der Waals surface area contributed by atoms with Crippen LogP contribution in [0.1, 0.15) is 17.1 Å². The molecule has 0 fully saturated rings. The van der Waals surface area contributed by atoms with Gasteiger partial charge >= 0.3 is 0 Å². The lowest BCUT2D eigenvalue weighted by Gasteiger charge is -2.20. The third-order valence-electron chi connectivity index (χ3n) is 3.27. The molecule has 114 valence electrons. The van der Waals surface area contributed by atoms with E-state index in [9.17, 15) is 5.11 Å². The van der Waals surface area contributed by atoms with E-state index in [0.29, 0.717) is 13.1 Å². The van der Waals surface area contributed by atoms with Gasteiger partial charge in [0, 0.05) is 6.54 Å². The first-order valence-electron chi connectivity index (χ1n) is 7.15. The number of aryl methyl sites for hydroxylation is 2. The standard InChI is InChI=1S/C17H23NO3/c1-13-6-4-5-7-17(13)20-12-15(19)10-18(3)11-16-9-8-14(2)21-16/h4-9,15,19H,10-12H2,1-3H3. The van der Waals surface area contributed by atoms with E-state index in [1.165, 1.54) is 0 Å². The number of ether oxygens (including phenoxy) is 1. The molecule has 0 aliphatic carbocycles. The monoisotopic (exact) mass is 289 g/mol. The Hall–Kier alpha value is -1.78. The molecule has 1 aromatic carbocycles. The second-order valence-electron chi connectivity index (χ2n) is 5.44. The molecular formula is C17H23NO3. The van der Waals surface area contributed by atoms with Crippen LogP contribution in [0.5, 0.6) is 5.75 Å². The van der Waals surface area contributed by atoms with Crippen molar-refractivity contribution in [2.45, 2.75) is 26.5 Å². The lowest BCUT2D eigenvalue weighted by molar-refractivity contribution is 0.0722. The van der Waals surface area contributed by atoms with Gasteiger partial charge in [-0.25, -0.2) is 0 Å². The van der Waals surface area contributed by atoms with Gasteiger partial charge in [0.25, 0.3) is 0 Å². The van der Waals surface area contributed by atoms with Gasteiger partial charge in [0.1, 0.15) is 30.0 Å². The van der Waals surface area contributed by atoms with Crippen molar-refractivity contribution < 1.29 is 14.3 Å². The topological polar surface area (TPSA) is 45.8 Å². The maximum atomic E-state index is 10.1. The molecule has 1 heterocycles. The smallest absolute Gasteiger partial charge is 0.122 e. The van der Waals surface area contributed by atoms with Gasteiger partial charge in [-0.05, 0) is 44.7 Å². The molecule has 0 bridgehead atoms. The maximum absolute atomic E-state index is 10.1. The minimum Gasteiger partial charge on any atom is -0.491 e. The number of hydrogen-bond donors (Lipinski definition) is 1. The summed E-state index contributed by atoms with van der Waals surface area (Å²) in [7, 11) is 1.95. The summed E-state index contributed by atoms with van der Waals surface area (Å²) in [6, 6.07) is 11.7. The third kappa shape index (κ3) is 4.92. The van der Waals surface area contributed by atoms with Gasteiger partial charge < -0.3 is 14.3 Å². The fraction of sp³-hybridized carbons (Fsp3) is 0.412. The van der Waals surface area contributed by atoms with Crippen LogP contribution in [0.3, 0.4) is 0 Å². The number of rotatable bonds is 7. The number of hydrogen-bond acceptors (Lipinski definition) is 4. The molecule has 0 aliphatic heterocycles. The van der Waals surface area contributed by atoms with Crippen molar-refractivity contribution in [1.82, 2.24) is 4.90 Å². The zero-order valence-corrected chi connectivity index (χ0v) is 12.9. The Kier molecular flexibility index (Phi) is 5.42. The molecule has 0 radical (unpaired) electrons. The van der Waals surface area contributed by atoms with Gasteiger partial charge in [-0.2, -0.15) is 0 Å². The van der Waals surface area contributed by atoms with E-state index in [1.54, 1.807) is 0 Å². The van der Waals surface area contributed by atoms with E-state index in [0.717, 1.165) is 22.8 Å². The molecule has 1 unspecified atom stereocenters. The number of aliphatic hydroxyl groups is 1. The number of para-hydroxylation sites is 1. The molecule has 0 saturated carbocycles. The molecule has 0 saturated heterocycles. The highest BCUT2D eigenvalue weighted by molar-refractivity contribution is 5.31. The summed E-state index contributed by atoms with van der Waals surface area (Å²) in [5.74, 6) is 2.63. The van der Waals surface area contributed by atoms with Crippen molar-refractivity contribution in [3.63, 3.8) is 0 Å². The van der Waals surface area contributed by atoms with Gasteiger partial charge in [-0.15, -0.1) is 0 Å². The van der Waals surface area contributed by atoms with E-state index in [2.05, 4.69) is 0 Å². The van der Waals surface area contributed by atoms with E-state index in [1.807, 2.05) is 62.2 Å². The van der Waals surface area contributed by atoms with Crippen LogP contribution < -0.4 is 4.74 Å². The highest BCUT2D eigenvalue weighted by Gasteiger charge is 2.11. The van der Waals surface area contributed by atoms with E-state index in [-0.39, 0.29) is 6.61 Å². The largest absolute Gasteiger partial charge is 0.491 e. The van der Waals surface area contributed by atoms with E-state index < -0.39 is 6.10 Å². The minimum absolute atomic E-state index is 0.284. The maximum Gasteiger partial charge on any atom is 0.122 e. The van der Waals surface area contributed by atoms with Gasteiger partial charge in [0.2, 0.25) is 0 Å². The summed E-state index contributed by atoms with van der Waals surface area (Å²) in [5, 5.41) is 10.1. The molecule has 21 heavy (non-hydrogen) atoms. The summed E-state index contributed by atoms with van der Waals surface area (Å²) >= 11 is 0. The van der Waals surface area contributed by atoms with Gasteiger partial charge in [-0.3, -0.25) is 4.90 Å². The van der Waals surface area contributed by atoms with Crippen molar-refractivity contribution in [1.29, 1.82) is 0 Å². The van der Waals surface area contributed by atoms with Crippen molar-refractivity contribution in [2.24, 2.45) is 0 Å². The molecule has 2 aromatic rings. The van der Waals surface area contributed by atoms with Crippen LogP contribution in [0.25, 0.3) is 0 Å². The summed E-state index contributed by atoms with van der Waals surface area (Å²) in [6.45, 7) is 5.41. The van der Waals surface area contributed by atoms with Crippen molar-refractivity contribution in [3.8, 4) is 5.75 Å². The van der Waals surface area contributed by atoms with Crippen LogP contribution in [0.4, 0.5) is 0 Å². The van der Waals surface area contributed by atoms with E-state index >= 15 is 0 Å². The Morgan fingerprint density at radius 3 is 2.62 bits per heavy atom. The second-order valence-corrected chi connectivity index (χ2v) is 5.44. The first kappa shape index (κ1) is 15.6. The Morgan fingerprint density at radius 1 is 1.19 bits per heavy atom. The summed E-state index contributed by atoms with van der Waals surface area (Å²) in [5.41, 5.74) is 1.07. The van der Waals surface area contributed by atoms with Crippen molar-refractivity contribution >= 4 is 0 Å². The average Bonchev–Trinajstić information content (AvgIpc) is 2.83. The van der Waals surface area contributed by atoms with Crippen molar-refractivity contribution in [3.05, 3.63) is 53.5 Å². The quantitative estimate of drug-likeness (QED) is 0.851. The van der Waals surface area contributed by atoms with E-state index in [4.69, 9.17) is 9.15 Å². The fourth-order valence-electron chi connectivity index (χ4n) is 2.22. The normalized spacial score (nSPS) is 12.6. The third-order valence-corrected chi connectivity index (χ3v) is 3.27. The van der Waals surface area contributed by atoms with Crippen LogP contribution in [0.15, 0.2) is 40.8 Å². The number of likely N-dealkylation sites (N-methyl/N-ethyl adjacent to an activating group) is 1. The van der Waals surface area contributed by atoms with Crippen LogP contribution in [0, 0.1) is 13.8 Å². The second kappa shape index (κ2) is 7.29. The Balaban J connectivity index is 1.76. The zero-order valence-electron chi connectivity index (χ0n) is 12.9. The van der Waals surface area contributed by atoms with Gasteiger partial charge in [0.15, 0.2) is 0 Å². The fourth-order valence-corrected chi connectivity index (χ4v) is 2.22. The van der Waals surface area contributed by atoms with Gasteiger partial charge in [0.05, 0.1) is 6.54 Å². The Morgan fingerprint density at radius 2 is 1.95 bits per heavy atom. The highest BCUT2D eigenvalue weighted by atomic mass is 16.5. The molecule has 4 nitrogen and oxygen atoms in total. The number of furan rings is 1. The van der Waals surface area contributed by atoms with Gasteiger partial charge in [-0.1, -0.05) is 18.2 Å². The van der Waals surface area contributed by atoms with Crippen LogP contribution in [-0.4, -0.2) is 36.3 Å². The molecule has 0 aliphatic rings. The van der Waals surface area contributed by atoms with Crippen LogP contribution in [-0.2, 0) is 6.54 Å². The molecule has 1 aromatic heterocycles. The molecule has 4 heteroatoms. The molecule has 0 spiro atoms. The highest BCUT2D eigenvalue weighted by Crippen LogP contribution is 2.16. The van der Waals surface area contributed by atoms with Crippen LogP contribution >= 0.6 is 0 Å². The minimum atomic E-state index is -0.536. The molecular weight excluding hydrogens is 266 g/mol. The molecule has 1 N–H and O–H groups in total. The molecule has 2 rings (SSSR count). The predicted molar refractivity (Wildman–Crippen MR) is 82.5 cm³/mol. The predicted octanol–water partition coefficient (Wildman–Crippen LogP) is 2.77. The SMILES string of the molecule is Cc1ccc(CN(C)CC(O)COc2ccccc2C)o1. The lowest BCUT2D eigenvalue weighted by Crippen LogP contribution is -2.32. The first-order chi connectivity index (χ1) is 10.0. The number of benzene rings is 1. The van der Waals surface area contributed by atoms with Crippen molar-refractivity contribution in [2.75, 3.05) is 20.2 Å². The zero-order chi connectivity index (χ0) is 15.2. The van der Waals surface area contributed by atoms with Crippen LogP contribution in [0.2, 0.25) is 0 Å². The Bertz CT molecular complexity index is 565. The number of nitrogens with zero attached hydrogens (tertiary/aromatic N) is 1. The summed E-state index contributed by atoms with van der Waals surface area (Å²) < 4.78 is 11.2. The first-order valence-corrected chi connectivity index (χ1v) is 7.15. The Labute approximate surface area is 126 Å². The molecule has 0 amide bonds. The lowest BCUT2D eigenvalue weighted by atomic mass is 10.2. The number of aliphatic hydroxyl groups excluding tert-OH is 1.